The van der Waals surface area contributed by atoms with Crippen LogP contribution in [0.3, 0.4) is 0 Å². The smallest absolute Gasteiger partial charge is 0.274 e. The number of aromatic nitrogens is 3. The van der Waals surface area contributed by atoms with Crippen molar-refractivity contribution in [3.8, 4) is 5.82 Å². The molecule has 0 saturated carbocycles. The highest BCUT2D eigenvalue weighted by atomic mass is 35.5. The number of halogens is 1. The van der Waals surface area contributed by atoms with E-state index in [-0.39, 0.29) is 23.4 Å². The maximum absolute atomic E-state index is 13.2. The molecule has 0 aliphatic carbocycles. The van der Waals surface area contributed by atoms with Gasteiger partial charge < -0.3 is 9.80 Å². The van der Waals surface area contributed by atoms with Crippen molar-refractivity contribution in [3.63, 3.8) is 0 Å². The summed E-state index contributed by atoms with van der Waals surface area (Å²) in [6, 6.07) is 5.43. The third-order valence-electron chi connectivity index (χ3n) is 6.31. The lowest BCUT2D eigenvalue weighted by Crippen LogP contribution is -2.45. The van der Waals surface area contributed by atoms with Gasteiger partial charge in [-0.1, -0.05) is 24.4 Å². The Kier molecular flexibility index (Phi) is 6.60. The van der Waals surface area contributed by atoms with Crippen LogP contribution in [0, 0.1) is 19.8 Å². The molecule has 0 spiro atoms. The van der Waals surface area contributed by atoms with Crippen molar-refractivity contribution in [2.75, 3.05) is 26.2 Å². The summed E-state index contributed by atoms with van der Waals surface area (Å²) in [7, 11) is 0. The van der Waals surface area contributed by atoms with Crippen LogP contribution in [0.5, 0.6) is 0 Å². The first-order valence-corrected chi connectivity index (χ1v) is 11.6. The summed E-state index contributed by atoms with van der Waals surface area (Å²) in [6.07, 6.45) is 5.99. The van der Waals surface area contributed by atoms with Crippen LogP contribution in [0.1, 0.15) is 60.4 Å². The lowest BCUT2D eigenvalue weighted by atomic mass is 9.95. The van der Waals surface area contributed by atoms with Crippen LogP contribution in [0.2, 0.25) is 5.02 Å². The van der Waals surface area contributed by atoms with Gasteiger partial charge in [-0.25, -0.2) is 9.67 Å². The van der Waals surface area contributed by atoms with Crippen molar-refractivity contribution >= 4 is 23.4 Å². The van der Waals surface area contributed by atoms with Crippen molar-refractivity contribution in [1.29, 1.82) is 0 Å². The molecular formula is C23H30ClN5O2. The van der Waals surface area contributed by atoms with E-state index < -0.39 is 0 Å². The molecule has 2 aliphatic rings. The van der Waals surface area contributed by atoms with Crippen LogP contribution in [-0.4, -0.2) is 62.6 Å². The number of aryl methyl sites for hydroxylation is 2. The summed E-state index contributed by atoms with van der Waals surface area (Å²) in [5, 5.41) is 4.78. The molecule has 0 unspecified atom stereocenters. The highest BCUT2D eigenvalue weighted by Crippen LogP contribution is 2.25. The Labute approximate surface area is 188 Å². The van der Waals surface area contributed by atoms with Gasteiger partial charge in [0.2, 0.25) is 5.91 Å². The minimum absolute atomic E-state index is 0.00612. The molecule has 166 valence electrons. The molecule has 0 radical (unpaired) electrons. The van der Waals surface area contributed by atoms with Crippen molar-refractivity contribution in [3.05, 3.63) is 40.3 Å². The Morgan fingerprint density at radius 2 is 1.65 bits per heavy atom. The topological polar surface area (TPSA) is 71.3 Å². The van der Waals surface area contributed by atoms with Gasteiger partial charge in [0, 0.05) is 37.8 Å². The molecule has 0 aromatic carbocycles. The molecule has 2 aliphatic heterocycles. The second-order valence-corrected chi connectivity index (χ2v) is 9.05. The summed E-state index contributed by atoms with van der Waals surface area (Å²) >= 11 is 6.34. The lowest BCUT2D eigenvalue weighted by molar-refractivity contribution is -0.136. The van der Waals surface area contributed by atoms with E-state index >= 15 is 0 Å². The maximum Gasteiger partial charge on any atom is 0.274 e. The van der Waals surface area contributed by atoms with E-state index in [0.29, 0.717) is 36.8 Å². The highest BCUT2D eigenvalue weighted by Gasteiger charge is 2.31. The summed E-state index contributed by atoms with van der Waals surface area (Å²) in [5.41, 5.74) is 2.07. The average molecular weight is 444 g/mol. The zero-order chi connectivity index (χ0) is 22.0. The summed E-state index contributed by atoms with van der Waals surface area (Å²) in [6.45, 7) is 6.70. The van der Waals surface area contributed by atoms with E-state index in [9.17, 15) is 9.59 Å². The van der Waals surface area contributed by atoms with E-state index in [1.54, 1.807) is 21.7 Å². The zero-order valence-corrected chi connectivity index (χ0v) is 19.1. The standard InChI is InChI=1S/C23H30ClN5O2/c1-16-15-17(2)29(26-16)20-8-7-19(24)21(25-20)23(31)28-13-9-18(10-14-28)22(30)27-11-5-3-4-6-12-27/h7-8,15,18H,3-6,9-14H2,1-2H3. The van der Waals surface area contributed by atoms with Crippen LogP contribution < -0.4 is 0 Å². The van der Waals surface area contributed by atoms with Gasteiger partial charge >= 0.3 is 0 Å². The summed E-state index contributed by atoms with van der Waals surface area (Å²) in [4.78, 5) is 34.4. The van der Waals surface area contributed by atoms with E-state index in [1.165, 1.54) is 12.8 Å². The van der Waals surface area contributed by atoms with Crippen LogP contribution >= 0.6 is 11.6 Å². The monoisotopic (exact) mass is 443 g/mol. The quantitative estimate of drug-likeness (QED) is 0.723. The highest BCUT2D eigenvalue weighted by molar-refractivity contribution is 6.33. The predicted molar refractivity (Wildman–Crippen MR) is 120 cm³/mol. The largest absolute Gasteiger partial charge is 0.342 e. The lowest BCUT2D eigenvalue weighted by Gasteiger charge is -2.34. The third-order valence-corrected chi connectivity index (χ3v) is 6.61. The first-order valence-electron chi connectivity index (χ1n) is 11.2. The van der Waals surface area contributed by atoms with Crippen molar-refractivity contribution in [2.24, 2.45) is 5.92 Å². The summed E-state index contributed by atoms with van der Waals surface area (Å²) in [5.74, 6) is 0.655. The number of hydrogen-bond donors (Lipinski definition) is 0. The van der Waals surface area contributed by atoms with Crippen LogP contribution in [-0.2, 0) is 4.79 Å². The van der Waals surface area contributed by atoms with Gasteiger partial charge in [-0.2, -0.15) is 5.10 Å². The van der Waals surface area contributed by atoms with Crippen molar-refractivity contribution in [2.45, 2.75) is 52.4 Å². The number of piperidine rings is 1. The molecule has 2 aromatic rings. The number of likely N-dealkylation sites (tertiary alicyclic amines) is 2. The van der Waals surface area contributed by atoms with Gasteiger partial charge in [-0.05, 0) is 57.7 Å². The van der Waals surface area contributed by atoms with Gasteiger partial charge in [0.15, 0.2) is 5.82 Å². The first kappa shape index (κ1) is 21.8. The van der Waals surface area contributed by atoms with E-state index in [0.717, 1.165) is 37.3 Å². The fraction of sp³-hybridized carbons (Fsp3) is 0.565. The number of hydrogen-bond acceptors (Lipinski definition) is 4. The Morgan fingerprint density at radius 1 is 0.968 bits per heavy atom. The summed E-state index contributed by atoms with van der Waals surface area (Å²) < 4.78 is 1.72. The molecule has 2 amide bonds. The molecule has 0 N–H and O–H groups in total. The van der Waals surface area contributed by atoms with Gasteiger partial charge in [-0.3, -0.25) is 9.59 Å². The Bertz CT molecular complexity index is 957. The Balaban J connectivity index is 1.43. The minimum atomic E-state index is -0.186. The Hall–Kier alpha value is -2.41. The minimum Gasteiger partial charge on any atom is -0.342 e. The number of nitrogens with zero attached hydrogens (tertiary/aromatic N) is 5. The number of pyridine rings is 1. The molecule has 4 rings (SSSR count). The third kappa shape index (κ3) is 4.76. The SMILES string of the molecule is Cc1cc(C)n(-c2ccc(Cl)c(C(=O)N3CCC(C(=O)N4CCCCCC4)CC3)n2)n1. The Morgan fingerprint density at radius 3 is 2.26 bits per heavy atom. The van der Waals surface area contributed by atoms with Crippen molar-refractivity contribution < 1.29 is 9.59 Å². The average Bonchev–Trinajstić information content (AvgIpc) is 2.96. The first-order chi connectivity index (χ1) is 14.9. The van der Waals surface area contributed by atoms with E-state index in [4.69, 9.17) is 11.6 Å². The van der Waals surface area contributed by atoms with Crippen LogP contribution in [0.4, 0.5) is 0 Å². The molecule has 7 nitrogen and oxygen atoms in total. The van der Waals surface area contributed by atoms with Gasteiger partial charge in [0.05, 0.1) is 10.7 Å². The normalized spacial score (nSPS) is 18.2. The molecule has 2 saturated heterocycles. The predicted octanol–water partition coefficient (Wildman–Crippen LogP) is 3.79. The molecule has 2 aromatic heterocycles. The fourth-order valence-electron chi connectivity index (χ4n) is 4.59. The molecular weight excluding hydrogens is 414 g/mol. The number of carbonyl (C=O) groups is 2. The molecule has 2 fully saturated rings. The van der Waals surface area contributed by atoms with E-state index in [1.807, 2.05) is 24.8 Å². The molecule has 0 bridgehead atoms. The van der Waals surface area contributed by atoms with Gasteiger partial charge in [0.1, 0.15) is 5.69 Å². The van der Waals surface area contributed by atoms with Crippen molar-refractivity contribution in [1.82, 2.24) is 24.6 Å². The fourth-order valence-corrected chi connectivity index (χ4v) is 4.78. The molecule has 31 heavy (non-hydrogen) atoms. The molecule has 4 heterocycles. The zero-order valence-electron chi connectivity index (χ0n) is 18.3. The maximum atomic E-state index is 13.2. The second-order valence-electron chi connectivity index (χ2n) is 8.64. The number of carbonyl (C=O) groups excluding carboxylic acids is 2. The van der Waals surface area contributed by atoms with Gasteiger partial charge in [0.25, 0.3) is 5.91 Å². The number of rotatable bonds is 3. The number of amides is 2. The van der Waals surface area contributed by atoms with Crippen LogP contribution in [0.25, 0.3) is 5.82 Å². The second kappa shape index (κ2) is 9.39. The molecule has 8 heteroatoms. The van der Waals surface area contributed by atoms with E-state index in [2.05, 4.69) is 10.1 Å². The van der Waals surface area contributed by atoms with Crippen LogP contribution in [0.15, 0.2) is 18.2 Å². The molecule has 0 atom stereocenters. The van der Waals surface area contributed by atoms with Gasteiger partial charge in [-0.15, -0.1) is 0 Å².